The second-order valence-electron chi connectivity index (χ2n) is 7.58. The normalized spacial score (nSPS) is 17.0. The number of benzene rings is 1. The molecule has 146 valence electrons. The largest absolute Gasteiger partial charge is 0.360 e. The Morgan fingerprint density at radius 3 is 2.62 bits per heavy atom. The second-order valence-corrected chi connectivity index (χ2v) is 8.67. The Labute approximate surface area is 174 Å². The van der Waals surface area contributed by atoms with E-state index in [1.165, 1.54) is 10.4 Å². The number of likely N-dealkylation sites (tertiary alicyclic amines) is 1. The van der Waals surface area contributed by atoms with Gasteiger partial charge in [-0.1, -0.05) is 30.3 Å². The molecule has 0 bridgehead atoms. The van der Waals surface area contributed by atoms with Crippen LogP contribution in [0.1, 0.15) is 23.3 Å². The van der Waals surface area contributed by atoms with Crippen molar-refractivity contribution in [2.24, 2.45) is 4.99 Å². The number of piperidine rings is 1. The van der Waals surface area contributed by atoms with Crippen LogP contribution in [0.5, 0.6) is 0 Å². The Balaban J connectivity index is 1.25. The summed E-state index contributed by atoms with van der Waals surface area (Å²) in [6.45, 7) is 1.46. The maximum atomic E-state index is 12.7. The van der Waals surface area contributed by atoms with Crippen LogP contribution in [0.2, 0.25) is 0 Å². The Hall–Kier alpha value is -2.99. The summed E-state index contributed by atoms with van der Waals surface area (Å²) in [6, 6.07) is 16.2. The minimum Gasteiger partial charge on any atom is -0.360 e. The number of carbonyl (C=O) groups is 1. The molecule has 4 heterocycles. The summed E-state index contributed by atoms with van der Waals surface area (Å²) in [7, 11) is 0. The molecule has 1 amide bonds. The van der Waals surface area contributed by atoms with Crippen molar-refractivity contribution >= 4 is 29.1 Å². The first kappa shape index (κ1) is 18.1. The molecule has 6 heteroatoms. The first-order valence-electron chi connectivity index (χ1n) is 9.90. The highest BCUT2D eigenvalue weighted by Crippen LogP contribution is 2.40. The quantitative estimate of drug-likeness (QED) is 0.714. The third-order valence-electron chi connectivity index (χ3n) is 5.66. The van der Waals surface area contributed by atoms with Crippen LogP contribution >= 0.6 is 11.3 Å². The highest BCUT2D eigenvalue weighted by atomic mass is 32.1. The average Bonchev–Trinajstić information content (AvgIpc) is 3.18. The van der Waals surface area contributed by atoms with E-state index in [-0.39, 0.29) is 11.6 Å². The SMILES string of the molecule is O=C(Cc1ccccc1)N1CCC2(CC1)N=Cc1sc(-c3ccncc3)cc1N2. The highest BCUT2D eigenvalue weighted by Gasteiger charge is 2.37. The Bertz CT molecular complexity index is 1040. The number of hydrogen-bond donors (Lipinski definition) is 1. The molecule has 1 fully saturated rings. The summed E-state index contributed by atoms with van der Waals surface area (Å²) in [6.07, 6.45) is 7.75. The van der Waals surface area contributed by atoms with Gasteiger partial charge in [0.15, 0.2) is 0 Å². The molecule has 1 saturated heterocycles. The topological polar surface area (TPSA) is 57.6 Å². The zero-order chi connectivity index (χ0) is 19.7. The van der Waals surface area contributed by atoms with Crippen molar-refractivity contribution < 1.29 is 4.79 Å². The van der Waals surface area contributed by atoms with Crippen LogP contribution in [0.3, 0.4) is 0 Å². The van der Waals surface area contributed by atoms with Gasteiger partial charge in [0.1, 0.15) is 5.66 Å². The molecule has 0 radical (unpaired) electrons. The van der Waals surface area contributed by atoms with E-state index >= 15 is 0 Å². The predicted molar refractivity (Wildman–Crippen MR) is 117 cm³/mol. The van der Waals surface area contributed by atoms with E-state index in [1.807, 2.05) is 66.0 Å². The molecule has 5 rings (SSSR count). The van der Waals surface area contributed by atoms with Gasteiger partial charge in [-0.15, -0.1) is 11.3 Å². The lowest BCUT2D eigenvalue weighted by Gasteiger charge is -2.41. The van der Waals surface area contributed by atoms with Gasteiger partial charge in [0.2, 0.25) is 5.91 Å². The van der Waals surface area contributed by atoms with E-state index in [0.29, 0.717) is 6.42 Å². The van der Waals surface area contributed by atoms with Gasteiger partial charge >= 0.3 is 0 Å². The van der Waals surface area contributed by atoms with Crippen LogP contribution in [-0.2, 0) is 11.2 Å². The number of anilines is 1. The molecule has 2 aromatic heterocycles. The lowest BCUT2D eigenvalue weighted by molar-refractivity contribution is -0.131. The molecule has 2 aliphatic rings. The van der Waals surface area contributed by atoms with Gasteiger partial charge in [-0.2, -0.15) is 0 Å². The number of nitrogens with zero attached hydrogens (tertiary/aromatic N) is 3. The zero-order valence-corrected chi connectivity index (χ0v) is 16.9. The summed E-state index contributed by atoms with van der Waals surface area (Å²) in [5.74, 6) is 0.196. The lowest BCUT2D eigenvalue weighted by Crippen LogP contribution is -2.51. The van der Waals surface area contributed by atoms with E-state index in [2.05, 4.69) is 16.4 Å². The average molecular weight is 403 g/mol. The molecule has 3 aromatic rings. The smallest absolute Gasteiger partial charge is 0.226 e. The number of aromatic nitrogens is 1. The summed E-state index contributed by atoms with van der Waals surface area (Å²) < 4.78 is 0. The number of pyridine rings is 1. The minimum atomic E-state index is -0.298. The first-order valence-corrected chi connectivity index (χ1v) is 10.7. The fourth-order valence-corrected chi connectivity index (χ4v) is 4.98. The molecular formula is C23H22N4OS. The highest BCUT2D eigenvalue weighted by molar-refractivity contribution is 7.17. The first-order chi connectivity index (χ1) is 14.2. The predicted octanol–water partition coefficient (Wildman–Crippen LogP) is 4.22. The number of aliphatic imine (C=N–C) groups is 1. The van der Waals surface area contributed by atoms with Crippen LogP contribution < -0.4 is 5.32 Å². The summed E-state index contributed by atoms with van der Waals surface area (Å²) >= 11 is 1.74. The van der Waals surface area contributed by atoms with Crippen molar-refractivity contribution in [3.63, 3.8) is 0 Å². The number of rotatable bonds is 3. The number of thiophene rings is 1. The third kappa shape index (κ3) is 3.68. The fourth-order valence-electron chi connectivity index (χ4n) is 3.98. The minimum absolute atomic E-state index is 0.196. The summed E-state index contributed by atoms with van der Waals surface area (Å²) in [5.41, 5.74) is 3.08. The number of carbonyl (C=O) groups excluding carboxylic acids is 1. The molecule has 0 aliphatic carbocycles. The second kappa shape index (κ2) is 7.44. The van der Waals surface area contributed by atoms with Crippen LogP contribution in [0, 0.1) is 0 Å². The fraction of sp³-hybridized carbons (Fsp3) is 0.261. The van der Waals surface area contributed by atoms with Crippen molar-refractivity contribution in [2.45, 2.75) is 24.9 Å². The van der Waals surface area contributed by atoms with Gasteiger partial charge < -0.3 is 10.2 Å². The molecule has 2 aliphatic heterocycles. The van der Waals surface area contributed by atoms with Gasteiger partial charge in [-0.25, -0.2) is 0 Å². The molecule has 0 saturated carbocycles. The Morgan fingerprint density at radius 2 is 1.86 bits per heavy atom. The number of nitrogens with one attached hydrogen (secondary N) is 1. The number of hydrogen-bond acceptors (Lipinski definition) is 5. The summed E-state index contributed by atoms with van der Waals surface area (Å²) in [4.78, 5) is 26.0. The third-order valence-corrected chi connectivity index (χ3v) is 6.78. The maximum Gasteiger partial charge on any atom is 0.226 e. The lowest BCUT2D eigenvalue weighted by atomic mass is 9.95. The molecule has 29 heavy (non-hydrogen) atoms. The van der Waals surface area contributed by atoms with Crippen molar-refractivity contribution in [2.75, 3.05) is 18.4 Å². The molecule has 0 atom stereocenters. The molecule has 1 N–H and O–H groups in total. The molecule has 1 aromatic carbocycles. The van der Waals surface area contributed by atoms with Gasteiger partial charge in [0.05, 0.1) is 17.0 Å². The monoisotopic (exact) mass is 402 g/mol. The van der Waals surface area contributed by atoms with E-state index in [9.17, 15) is 4.79 Å². The molecule has 1 spiro atoms. The maximum absolute atomic E-state index is 12.7. The summed E-state index contributed by atoms with van der Waals surface area (Å²) in [5, 5.41) is 3.67. The Kier molecular flexibility index (Phi) is 4.64. The van der Waals surface area contributed by atoms with Crippen molar-refractivity contribution in [3.05, 3.63) is 71.4 Å². The van der Waals surface area contributed by atoms with Crippen LogP contribution in [0.4, 0.5) is 5.69 Å². The van der Waals surface area contributed by atoms with E-state index in [4.69, 9.17) is 4.99 Å². The molecule has 0 unspecified atom stereocenters. The van der Waals surface area contributed by atoms with Crippen molar-refractivity contribution in [1.82, 2.24) is 9.88 Å². The molecular weight excluding hydrogens is 380 g/mol. The van der Waals surface area contributed by atoms with Crippen molar-refractivity contribution in [3.8, 4) is 10.4 Å². The van der Waals surface area contributed by atoms with Crippen LogP contribution in [0.15, 0.2) is 65.9 Å². The van der Waals surface area contributed by atoms with Crippen LogP contribution in [-0.4, -0.2) is 40.8 Å². The van der Waals surface area contributed by atoms with Gasteiger partial charge in [-0.3, -0.25) is 14.8 Å². The van der Waals surface area contributed by atoms with Gasteiger partial charge in [0.25, 0.3) is 0 Å². The zero-order valence-electron chi connectivity index (χ0n) is 16.0. The van der Waals surface area contributed by atoms with E-state index in [1.54, 1.807) is 11.3 Å². The van der Waals surface area contributed by atoms with E-state index < -0.39 is 0 Å². The Morgan fingerprint density at radius 1 is 1.10 bits per heavy atom. The van der Waals surface area contributed by atoms with Crippen LogP contribution in [0.25, 0.3) is 10.4 Å². The molecule has 5 nitrogen and oxygen atoms in total. The van der Waals surface area contributed by atoms with Gasteiger partial charge in [-0.05, 0) is 29.3 Å². The van der Waals surface area contributed by atoms with Gasteiger partial charge in [0, 0.05) is 49.4 Å². The van der Waals surface area contributed by atoms with Crippen molar-refractivity contribution in [1.29, 1.82) is 0 Å². The number of fused-ring (bicyclic) bond motifs is 1. The van der Waals surface area contributed by atoms with E-state index in [0.717, 1.165) is 42.1 Å². The standard InChI is InChI=1S/C23H22N4OS/c28-22(14-17-4-2-1-3-5-17)27-12-8-23(9-13-27)25-16-21-19(26-23)15-20(29-21)18-6-10-24-11-7-18/h1-7,10-11,15-16,26H,8-9,12-14H2. The number of amides is 1.